The Hall–Kier alpha value is -4.41. The zero-order valence-corrected chi connectivity index (χ0v) is 20.4. The molecule has 190 valence electrons. The monoisotopic (exact) mass is 523 g/mol. The van der Waals surface area contributed by atoms with E-state index in [-0.39, 0.29) is 5.02 Å². The molecule has 0 aliphatic heterocycles. The van der Waals surface area contributed by atoms with Gasteiger partial charge in [0.05, 0.1) is 17.6 Å². The number of hydrogen-bond donors (Lipinski definition) is 4. The molecule has 9 nitrogen and oxygen atoms in total. The smallest absolute Gasteiger partial charge is 0.267 e. The Morgan fingerprint density at radius 3 is 2.59 bits per heavy atom. The van der Waals surface area contributed by atoms with Crippen molar-refractivity contribution in [2.45, 2.75) is 0 Å². The second-order valence-corrected chi connectivity index (χ2v) is 8.11. The lowest BCUT2D eigenvalue weighted by molar-refractivity contribution is -0.124. The van der Waals surface area contributed by atoms with Crippen LogP contribution >= 0.6 is 11.6 Å². The Bertz CT molecular complexity index is 1430. The molecule has 0 saturated heterocycles. The minimum Gasteiger partial charge on any atom is -0.493 e. The average Bonchev–Trinajstić information content (AvgIpc) is 2.92. The molecule has 0 bridgehead atoms. The molecule has 0 aliphatic rings. The number of anilines is 3. The van der Waals surface area contributed by atoms with Crippen LogP contribution in [0.15, 0.2) is 67.0 Å². The number of aromatic nitrogens is 2. The molecule has 0 aliphatic carbocycles. The highest BCUT2D eigenvalue weighted by Crippen LogP contribution is 2.35. The highest BCUT2D eigenvalue weighted by atomic mass is 35.5. The van der Waals surface area contributed by atoms with Gasteiger partial charge in [0, 0.05) is 35.4 Å². The first-order valence-corrected chi connectivity index (χ1v) is 11.5. The summed E-state index contributed by atoms with van der Waals surface area (Å²) >= 11 is 5.90. The highest BCUT2D eigenvalue weighted by molar-refractivity contribution is 6.31. The van der Waals surface area contributed by atoms with Crippen molar-refractivity contribution in [1.82, 2.24) is 15.4 Å². The molecule has 3 aromatic carbocycles. The average molecular weight is 524 g/mol. The number of hydrogen-bond acceptors (Lipinski definition) is 8. The lowest BCUT2D eigenvalue weighted by atomic mass is 10.2. The van der Waals surface area contributed by atoms with E-state index in [0.717, 1.165) is 11.3 Å². The molecule has 0 radical (unpaired) electrons. The van der Waals surface area contributed by atoms with Crippen LogP contribution in [0.4, 0.5) is 21.6 Å². The first kappa shape index (κ1) is 25.7. The van der Waals surface area contributed by atoms with E-state index in [1.165, 1.54) is 24.5 Å². The summed E-state index contributed by atoms with van der Waals surface area (Å²) in [5.74, 6) is 0.426. The predicted octanol–water partition coefficient (Wildman–Crippen LogP) is 5.18. The normalized spacial score (nSPS) is 10.9. The van der Waals surface area contributed by atoms with Crippen LogP contribution in [0.3, 0.4) is 0 Å². The fourth-order valence-corrected chi connectivity index (χ4v) is 3.60. The second-order valence-electron chi connectivity index (χ2n) is 7.70. The van der Waals surface area contributed by atoms with Crippen LogP contribution in [-0.2, 0) is 4.79 Å². The number of hydroxylamine groups is 1. The predicted molar refractivity (Wildman–Crippen MR) is 140 cm³/mol. The summed E-state index contributed by atoms with van der Waals surface area (Å²) in [6.45, 7) is 0.845. The van der Waals surface area contributed by atoms with E-state index in [2.05, 4.69) is 20.6 Å². The van der Waals surface area contributed by atoms with Crippen LogP contribution in [-0.4, -0.2) is 41.3 Å². The van der Waals surface area contributed by atoms with Gasteiger partial charge in [-0.3, -0.25) is 10.0 Å². The Morgan fingerprint density at radius 2 is 1.86 bits per heavy atom. The molecule has 0 atom stereocenters. The lowest BCUT2D eigenvalue weighted by Gasteiger charge is -2.14. The Morgan fingerprint density at radius 1 is 1.08 bits per heavy atom. The number of nitrogens with one attached hydrogen (secondary N) is 3. The van der Waals surface area contributed by atoms with Crippen molar-refractivity contribution in [1.29, 1.82) is 0 Å². The fourth-order valence-electron chi connectivity index (χ4n) is 3.42. The van der Waals surface area contributed by atoms with Crippen molar-refractivity contribution in [3.63, 3.8) is 0 Å². The number of benzene rings is 3. The maximum absolute atomic E-state index is 13.5. The third-order valence-electron chi connectivity index (χ3n) is 5.24. The van der Waals surface area contributed by atoms with E-state index < -0.39 is 11.7 Å². The first-order valence-electron chi connectivity index (χ1n) is 11.1. The lowest BCUT2D eigenvalue weighted by Crippen LogP contribution is -2.14. The van der Waals surface area contributed by atoms with Crippen LogP contribution in [0.2, 0.25) is 5.02 Å². The standard InChI is InChI=1S/C26H23ClFN5O4/c1-36-23-14-22-19(26(31-15-30-22)32-18-7-8-21(28)20(27)12-18)13-24(23)37-11-10-29-17-5-2-16(3-6-17)4-9-25(34)33-35/h2-9,12-15,29,35H,10-11H2,1H3,(H,33,34)(H,30,31,32). The highest BCUT2D eigenvalue weighted by Gasteiger charge is 2.12. The van der Waals surface area contributed by atoms with E-state index in [1.54, 1.807) is 36.9 Å². The fraction of sp³-hybridized carbons (Fsp3) is 0.115. The van der Waals surface area contributed by atoms with Gasteiger partial charge in [-0.1, -0.05) is 23.7 Å². The van der Waals surface area contributed by atoms with Crippen molar-refractivity contribution >= 4 is 51.7 Å². The SMILES string of the molecule is COc1cc2ncnc(Nc3ccc(F)c(Cl)c3)c2cc1OCCNc1ccc(C=CC(=O)NO)cc1. The summed E-state index contributed by atoms with van der Waals surface area (Å²) < 4.78 is 25.0. The van der Waals surface area contributed by atoms with E-state index in [0.29, 0.717) is 47.1 Å². The summed E-state index contributed by atoms with van der Waals surface area (Å²) in [5, 5.41) is 15.6. The van der Waals surface area contributed by atoms with E-state index in [4.69, 9.17) is 26.3 Å². The number of nitrogens with zero attached hydrogens (tertiary/aromatic N) is 2. The van der Waals surface area contributed by atoms with Crippen molar-refractivity contribution in [3.8, 4) is 11.5 Å². The first-order chi connectivity index (χ1) is 18.0. The summed E-state index contributed by atoms with van der Waals surface area (Å²) in [6.07, 6.45) is 4.23. The summed E-state index contributed by atoms with van der Waals surface area (Å²) in [6, 6.07) is 15.3. The van der Waals surface area contributed by atoms with E-state index in [9.17, 15) is 9.18 Å². The van der Waals surface area contributed by atoms with Crippen LogP contribution in [0.1, 0.15) is 5.56 Å². The Labute approximate surface area is 216 Å². The second kappa shape index (κ2) is 12.0. The van der Waals surface area contributed by atoms with Gasteiger partial charge in [-0.25, -0.2) is 19.8 Å². The van der Waals surface area contributed by atoms with Gasteiger partial charge >= 0.3 is 0 Å². The zero-order chi connectivity index (χ0) is 26.2. The molecule has 0 unspecified atom stereocenters. The molecule has 4 N–H and O–H groups in total. The molecular weight excluding hydrogens is 501 g/mol. The molecule has 37 heavy (non-hydrogen) atoms. The number of rotatable bonds is 10. The quantitative estimate of drug-likeness (QED) is 0.0971. The third-order valence-corrected chi connectivity index (χ3v) is 5.53. The Kier molecular flexibility index (Phi) is 8.34. The van der Waals surface area contributed by atoms with Crippen LogP contribution in [0.25, 0.3) is 17.0 Å². The molecule has 0 saturated carbocycles. The summed E-state index contributed by atoms with van der Waals surface area (Å²) in [5.41, 5.74) is 4.43. The molecule has 0 fully saturated rings. The van der Waals surface area contributed by atoms with Crippen molar-refractivity contribution in [2.24, 2.45) is 0 Å². The number of fused-ring (bicyclic) bond motifs is 1. The maximum Gasteiger partial charge on any atom is 0.267 e. The number of ether oxygens (including phenoxy) is 2. The molecule has 4 aromatic rings. The molecule has 0 spiro atoms. The summed E-state index contributed by atoms with van der Waals surface area (Å²) in [7, 11) is 1.55. The van der Waals surface area contributed by atoms with Crippen LogP contribution in [0.5, 0.6) is 11.5 Å². The van der Waals surface area contributed by atoms with Gasteiger partial charge in [-0.05, 0) is 48.0 Å². The molecule has 11 heteroatoms. The summed E-state index contributed by atoms with van der Waals surface area (Å²) in [4.78, 5) is 19.7. The van der Waals surface area contributed by atoms with Gasteiger partial charge < -0.3 is 20.1 Å². The van der Waals surface area contributed by atoms with Gasteiger partial charge in [0.1, 0.15) is 24.6 Å². The van der Waals surface area contributed by atoms with Crippen LogP contribution < -0.4 is 25.6 Å². The van der Waals surface area contributed by atoms with Gasteiger partial charge in [0.15, 0.2) is 11.5 Å². The third kappa shape index (κ3) is 6.63. The largest absolute Gasteiger partial charge is 0.493 e. The topological polar surface area (TPSA) is 118 Å². The van der Waals surface area contributed by atoms with Crippen molar-refractivity contribution in [2.75, 3.05) is 30.9 Å². The maximum atomic E-state index is 13.5. The molecule has 1 amide bonds. The van der Waals surface area contributed by atoms with Gasteiger partial charge in [0.2, 0.25) is 0 Å². The molecule has 4 rings (SSSR count). The van der Waals surface area contributed by atoms with E-state index in [1.807, 2.05) is 24.3 Å². The molecule has 1 aromatic heterocycles. The number of amides is 1. The number of methoxy groups -OCH3 is 1. The minimum absolute atomic E-state index is 0.00163. The molecular formula is C26H23ClFN5O4. The Balaban J connectivity index is 1.43. The van der Waals surface area contributed by atoms with E-state index >= 15 is 0 Å². The minimum atomic E-state index is -0.599. The van der Waals surface area contributed by atoms with Gasteiger partial charge in [-0.15, -0.1) is 0 Å². The van der Waals surface area contributed by atoms with Gasteiger partial charge in [-0.2, -0.15) is 0 Å². The van der Waals surface area contributed by atoms with Crippen LogP contribution in [0, 0.1) is 5.82 Å². The number of halogens is 2. The number of carbonyl (C=O) groups is 1. The van der Waals surface area contributed by atoms with Crippen molar-refractivity contribution < 1.29 is 23.9 Å². The zero-order valence-electron chi connectivity index (χ0n) is 19.7. The number of carbonyl (C=O) groups excluding carboxylic acids is 1. The van der Waals surface area contributed by atoms with Gasteiger partial charge in [0.25, 0.3) is 5.91 Å². The molecule has 1 heterocycles. The van der Waals surface area contributed by atoms with Crippen molar-refractivity contribution in [3.05, 3.63) is 83.4 Å².